The summed E-state index contributed by atoms with van der Waals surface area (Å²) in [6.45, 7) is 4.45. The number of carbonyl (C=O) groups is 1. The first kappa shape index (κ1) is 15.6. The molecule has 0 bridgehead atoms. The van der Waals surface area contributed by atoms with Crippen molar-refractivity contribution in [3.05, 3.63) is 0 Å². The second-order valence-corrected chi connectivity index (χ2v) is 3.15. The Bertz CT molecular complexity index is 165. The summed E-state index contributed by atoms with van der Waals surface area (Å²) in [4.78, 5) is 10.8. The number of hydrogen-bond donors (Lipinski definition) is 0. The van der Waals surface area contributed by atoms with Gasteiger partial charge in [0.25, 0.3) is 0 Å². The van der Waals surface area contributed by atoms with E-state index in [1.54, 1.807) is 6.92 Å². The van der Waals surface area contributed by atoms with Crippen molar-refractivity contribution < 1.29 is 23.7 Å². The molecule has 16 heavy (non-hydrogen) atoms. The topological polar surface area (TPSA) is 54.0 Å². The van der Waals surface area contributed by atoms with Gasteiger partial charge in [0.15, 0.2) is 0 Å². The zero-order valence-electron chi connectivity index (χ0n) is 9.58. The lowest BCUT2D eigenvalue weighted by atomic mass is 10.7. The number of carbonyl (C=O) groups excluding carboxylic acids is 1. The number of hydrogen-bond acceptors (Lipinski definition) is 5. The van der Waals surface area contributed by atoms with E-state index in [-0.39, 0.29) is 12.6 Å². The quantitative estimate of drug-likeness (QED) is 0.311. The molecule has 0 saturated carbocycles. The minimum absolute atomic E-state index is 0.0278. The van der Waals surface area contributed by atoms with Gasteiger partial charge in [-0.05, 0) is 6.92 Å². The van der Waals surface area contributed by atoms with Gasteiger partial charge in [-0.25, -0.2) is 4.79 Å². The van der Waals surface area contributed by atoms with Gasteiger partial charge in [0.2, 0.25) is 0 Å². The summed E-state index contributed by atoms with van der Waals surface area (Å²) in [5, 5.41) is 0. The summed E-state index contributed by atoms with van der Waals surface area (Å²) in [7, 11) is 0. The molecule has 5 nitrogen and oxygen atoms in total. The Morgan fingerprint density at radius 1 is 1.00 bits per heavy atom. The molecular formula is C10H19ClO5. The zero-order valence-corrected chi connectivity index (χ0v) is 10.3. The fourth-order valence-electron chi connectivity index (χ4n) is 0.853. The van der Waals surface area contributed by atoms with E-state index in [1.807, 2.05) is 0 Å². The molecule has 0 atom stereocenters. The Hall–Kier alpha value is -0.360. The summed E-state index contributed by atoms with van der Waals surface area (Å²) in [6, 6.07) is 0. The number of halogens is 1. The van der Waals surface area contributed by atoms with Crippen LogP contribution in [0.3, 0.4) is 0 Å². The molecule has 0 aromatic heterocycles. The molecule has 0 aliphatic rings. The van der Waals surface area contributed by atoms with Crippen molar-refractivity contribution >= 4 is 17.6 Å². The zero-order chi connectivity index (χ0) is 12.1. The smallest absolute Gasteiger partial charge is 0.332 e. The van der Waals surface area contributed by atoms with Crippen LogP contribution in [0.5, 0.6) is 0 Å². The van der Waals surface area contributed by atoms with Crippen molar-refractivity contribution in [2.45, 2.75) is 6.92 Å². The van der Waals surface area contributed by atoms with E-state index in [4.69, 9.17) is 25.8 Å². The van der Waals surface area contributed by atoms with Gasteiger partial charge in [0.1, 0.15) is 6.61 Å². The van der Waals surface area contributed by atoms with Crippen molar-refractivity contribution in [1.82, 2.24) is 0 Å². The molecule has 0 aliphatic heterocycles. The van der Waals surface area contributed by atoms with Crippen molar-refractivity contribution in [3.8, 4) is 0 Å². The van der Waals surface area contributed by atoms with Crippen LogP contribution >= 0.6 is 11.6 Å². The Morgan fingerprint density at radius 2 is 1.56 bits per heavy atom. The van der Waals surface area contributed by atoms with E-state index in [1.165, 1.54) is 0 Å². The van der Waals surface area contributed by atoms with E-state index in [2.05, 4.69) is 4.74 Å². The van der Waals surface area contributed by atoms with Crippen LogP contribution in [0.4, 0.5) is 0 Å². The standard InChI is InChI=1S/C10H19ClO5/c1-2-16-10(12)9-15-8-7-14-6-5-13-4-3-11/h2-9H2,1H3. The highest BCUT2D eigenvalue weighted by molar-refractivity contribution is 6.17. The number of esters is 1. The fourth-order valence-corrected chi connectivity index (χ4v) is 0.962. The molecular weight excluding hydrogens is 236 g/mol. The monoisotopic (exact) mass is 254 g/mol. The first-order chi connectivity index (χ1) is 7.81. The Labute approximate surface area is 101 Å². The molecule has 0 heterocycles. The largest absolute Gasteiger partial charge is 0.464 e. The van der Waals surface area contributed by atoms with Crippen LogP contribution in [0.1, 0.15) is 6.92 Å². The highest BCUT2D eigenvalue weighted by Gasteiger charge is 2.00. The Morgan fingerprint density at radius 3 is 2.12 bits per heavy atom. The predicted molar refractivity (Wildman–Crippen MR) is 59.8 cm³/mol. The van der Waals surface area contributed by atoms with Gasteiger partial charge in [-0.3, -0.25) is 0 Å². The maximum Gasteiger partial charge on any atom is 0.332 e. The first-order valence-electron chi connectivity index (χ1n) is 5.26. The number of rotatable bonds is 11. The van der Waals surface area contributed by atoms with E-state index < -0.39 is 0 Å². The Kier molecular flexibility index (Phi) is 12.4. The summed E-state index contributed by atoms with van der Waals surface area (Å²) in [5.74, 6) is 0.135. The van der Waals surface area contributed by atoms with Gasteiger partial charge in [-0.1, -0.05) is 0 Å². The SMILES string of the molecule is CCOC(=O)COCCOCCOCCCl. The fraction of sp³-hybridized carbons (Fsp3) is 0.900. The van der Waals surface area contributed by atoms with Gasteiger partial charge in [0.05, 0.1) is 39.6 Å². The lowest BCUT2D eigenvalue weighted by Gasteiger charge is -2.05. The van der Waals surface area contributed by atoms with Crippen LogP contribution in [0, 0.1) is 0 Å². The van der Waals surface area contributed by atoms with Crippen LogP contribution in [0.25, 0.3) is 0 Å². The lowest BCUT2D eigenvalue weighted by Crippen LogP contribution is -2.16. The van der Waals surface area contributed by atoms with Crippen LogP contribution in [-0.2, 0) is 23.7 Å². The average Bonchev–Trinajstić information content (AvgIpc) is 2.27. The van der Waals surface area contributed by atoms with E-state index in [9.17, 15) is 4.79 Å². The minimum atomic E-state index is -0.354. The third kappa shape index (κ3) is 11.7. The first-order valence-corrected chi connectivity index (χ1v) is 5.79. The molecule has 0 unspecified atom stereocenters. The lowest BCUT2D eigenvalue weighted by molar-refractivity contribution is -0.148. The molecule has 6 heteroatoms. The van der Waals surface area contributed by atoms with Crippen molar-refractivity contribution in [1.29, 1.82) is 0 Å². The molecule has 0 rings (SSSR count). The van der Waals surface area contributed by atoms with E-state index in [0.29, 0.717) is 45.5 Å². The molecule has 96 valence electrons. The highest BCUT2D eigenvalue weighted by Crippen LogP contribution is 1.84. The van der Waals surface area contributed by atoms with Crippen molar-refractivity contribution in [3.63, 3.8) is 0 Å². The van der Waals surface area contributed by atoms with Gasteiger partial charge in [0, 0.05) is 5.88 Å². The minimum Gasteiger partial charge on any atom is -0.464 e. The van der Waals surface area contributed by atoms with Crippen LogP contribution in [0.15, 0.2) is 0 Å². The van der Waals surface area contributed by atoms with E-state index >= 15 is 0 Å². The molecule has 0 aromatic rings. The summed E-state index contributed by atoms with van der Waals surface area (Å²) < 4.78 is 20.0. The molecule has 0 saturated heterocycles. The molecule has 0 amide bonds. The number of alkyl halides is 1. The second-order valence-electron chi connectivity index (χ2n) is 2.77. The third-order valence-electron chi connectivity index (χ3n) is 1.49. The van der Waals surface area contributed by atoms with Gasteiger partial charge in [-0.15, -0.1) is 11.6 Å². The molecule has 0 radical (unpaired) electrons. The summed E-state index contributed by atoms with van der Waals surface area (Å²) >= 11 is 5.41. The van der Waals surface area contributed by atoms with Crippen molar-refractivity contribution in [2.24, 2.45) is 0 Å². The molecule has 0 spiro atoms. The highest BCUT2D eigenvalue weighted by atomic mass is 35.5. The van der Waals surface area contributed by atoms with Crippen LogP contribution in [0.2, 0.25) is 0 Å². The summed E-state index contributed by atoms with van der Waals surface area (Å²) in [5.41, 5.74) is 0. The molecule has 0 N–H and O–H groups in total. The predicted octanol–water partition coefficient (Wildman–Crippen LogP) is 0.838. The Balaban J connectivity index is 3.01. The van der Waals surface area contributed by atoms with Gasteiger partial charge < -0.3 is 18.9 Å². The van der Waals surface area contributed by atoms with Crippen LogP contribution in [-0.4, -0.2) is 58.1 Å². The molecule has 0 aromatic carbocycles. The van der Waals surface area contributed by atoms with Gasteiger partial charge in [-0.2, -0.15) is 0 Å². The maximum atomic E-state index is 10.8. The van der Waals surface area contributed by atoms with E-state index in [0.717, 1.165) is 0 Å². The second kappa shape index (κ2) is 12.7. The average molecular weight is 255 g/mol. The number of ether oxygens (including phenoxy) is 4. The third-order valence-corrected chi connectivity index (χ3v) is 1.65. The van der Waals surface area contributed by atoms with Crippen molar-refractivity contribution in [2.75, 3.05) is 52.1 Å². The normalized spacial score (nSPS) is 10.4. The summed E-state index contributed by atoms with van der Waals surface area (Å²) in [6.07, 6.45) is 0. The maximum absolute atomic E-state index is 10.8. The van der Waals surface area contributed by atoms with Gasteiger partial charge >= 0.3 is 5.97 Å². The molecule has 0 fully saturated rings. The molecule has 0 aliphatic carbocycles. The van der Waals surface area contributed by atoms with Crippen LogP contribution < -0.4 is 0 Å².